The van der Waals surface area contributed by atoms with Gasteiger partial charge in [0.15, 0.2) is 10.7 Å². The van der Waals surface area contributed by atoms with Gasteiger partial charge in [-0.2, -0.15) is 0 Å². The van der Waals surface area contributed by atoms with Crippen molar-refractivity contribution in [2.45, 2.75) is 13.0 Å². The molecule has 8 nitrogen and oxygen atoms in total. The number of hydrogen-bond donors (Lipinski definition) is 0. The highest BCUT2D eigenvalue weighted by atomic mass is 79.9. The van der Waals surface area contributed by atoms with Crippen molar-refractivity contribution < 1.29 is 13.9 Å². The molecule has 1 saturated heterocycles. The molecule has 4 aromatic rings. The van der Waals surface area contributed by atoms with Crippen LogP contribution in [0, 0.1) is 0 Å². The Hall–Kier alpha value is -2.53. The molecule has 0 bridgehead atoms. The van der Waals surface area contributed by atoms with Gasteiger partial charge in [0, 0.05) is 30.7 Å². The van der Waals surface area contributed by atoms with Gasteiger partial charge in [-0.05, 0) is 36.8 Å². The van der Waals surface area contributed by atoms with Crippen LogP contribution in [0.1, 0.15) is 6.42 Å². The summed E-state index contributed by atoms with van der Waals surface area (Å²) in [4.78, 5) is 34.7. The number of ether oxygens (including phenoxy) is 1. The van der Waals surface area contributed by atoms with Crippen LogP contribution in [0.15, 0.2) is 56.1 Å². The zero-order chi connectivity index (χ0) is 22.8. The highest BCUT2D eigenvalue weighted by molar-refractivity contribution is 9.10. The molecule has 3 heterocycles. The summed E-state index contributed by atoms with van der Waals surface area (Å²) in [6.45, 7) is 4.57. The van der Waals surface area contributed by atoms with Crippen LogP contribution in [0.25, 0.3) is 21.3 Å². The number of carbonyl (C=O) groups excluding carboxylic acids is 1. The molecule has 1 fully saturated rings. The Balaban J connectivity index is 1.40. The number of para-hydroxylation sites is 2. The maximum absolute atomic E-state index is 13.5. The molecule has 0 spiro atoms. The molecule has 0 N–H and O–H groups in total. The Labute approximate surface area is 202 Å². The fraction of sp³-hybridized carbons (Fsp3) is 0.348. The molecule has 2 aromatic carbocycles. The number of amides is 1. The van der Waals surface area contributed by atoms with E-state index in [1.54, 1.807) is 23.1 Å². The van der Waals surface area contributed by atoms with E-state index in [-0.39, 0.29) is 12.5 Å². The zero-order valence-corrected chi connectivity index (χ0v) is 20.3. The van der Waals surface area contributed by atoms with Crippen LogP contribution >= 0.6 is 27.3 Å². The fourth-order valence-corrected chi connectivity index (χ4v) is 5.55. The van der Waals surface area contributed by atoms with Crippen LogP contribution in [0.4, 0.5) is 5.13 Å². The van der Waals surface area contributed by atoms with Gasteiger partial charge in [-0.3, -0.25) is 19.2 Å². The second kappa shape index (κ2) is 9.76. The maximum Gasteiger partial charge on any atom is 0.420 e. The van der Waals surface area contributed by atoms with Crippen molar-refractivity contribution in [3.8, 4) is 0 Å². The number of anilines is 1. The lowest BCUT2D eigenvalue weighted by molar-refractivity contribution is -0.119. The maximum atomic E-state index is 13.5. The number of fused-ring (bicyclic) bond motifs is 2. The molecular weight excluding hydrogens is 508 g/mol. The second-order valence-electron chi connectivity index (χ2n) is 7.88. The number of nitrogens with zero attached hydrogens (tertiary/aromatic N) is 4. The predicted molar refractivity (Wildman–Crippen MR) is 132 cm³/mol. The molecule has 0 aliphatic carbocycles. The third-order valence-electron chi connectivity index (χ3n) is 5.70. The first-order chi connectivity index (χ1) is 16.1. The smallest absolute Gasteiger partial charge is 0.408 e. The Morgan fingerprint density at radius 1 is 1.18 bits per heavy atom. The van der Waals surface area contributed by atoms with Crippen LogP contribution in [-0.2, 0) is 16.1 Å². The van der Waals surface area contributed by atoms with Crippen LogP contribution in [0.5, 0.6) is 0 Å². The number of rotatable bonds is 7. The lowest BCUT2D eigenvalue weighted by Gasteiger charge is -2.27. The normalized spacial score (nSPS) is 14.8. The van der Waals surface area contributed by atoms with E-state index >= 15 is 0 Å². The Morgan fingerprint density at radius 3 is 2.85 bits per heavy atom. The molecule has 10 heteroatoms. The molecule has 1 amide bonds. The largest absolute Gasteiger partial charge is 0.420 e. The summed E-state index contributed by atoms with van der Waals surface area (Å²) < 4.78 is 14.1. The van der Waals surface area contributed by atoms with Gasteiger partial charge in [-0.25, -0.2) is 9.78 Å². The van der Waals surface area contributed by atoms with Crippen LogP contribution in [-0.4, -0.2) is 59.8 Å². The lowest BCUT2D eigenvalue weighted by atomic mass is 10.3. The Bertz CT molecular complexity index is 1340. The number of thiazole rings is 1. The summed E-state index contributed by atoms with van der Waals surface area (Å²) in [6.07, 6.45) is 0.798. The van der Waals surface area contributed by atoms with Gasteiger partial charge in [0.2, 0.25) is 5.91 Å². The molecule has 0 saturated carbocycles. The Morgan fingerprint density at radius 2 is 2.00 bits per heavy atom. The first kappa shape index (κ1) is 22.3. The Kier molecular flexibility index (Phi) is 6.59. The molecule has 1 aliphatic rings. The van der Waals surface area contributed by atoms with Crippen molar-refractivity contribution in [1.29, 1.82) is 0 Å². The van der Waals surface area contributed by atoms with E-state index in [1.165, 1.54) is 15.9 Å². The number of halogens is 1. The van der Waals surface area contributed by atoms with Crippen LogP contribution < -0.4 is 10.7 Å². The van der Waals surface area contributed by atoms with Crippen molar-refractivity contribution >= 4 is 59.6 Å². The summed E-state index contributed by atoms with van der Waals surface area (Å²) >= 11 is 4.97. The third-order valence-corrected chi connectivity index (χ3v) is 7.23. The summed E-state index contributed by atoms with van der Waals surface area (Å²) in [6, 6.07) is 13.0. The number of hydrogen-bond acceptors (Lipinski definition) is 7. The monoisotopic (exact) mass is 530 g/mol. The van der Waals surface area contributed by atoms with E-state index in [1.807, 2.05) is 24.3 Å². The molecule has 2 aromatic heterocycles. The van der Waals surface area contributed by atoms with E-state index in [0.29, 0.717) is 22.8 Å². The predicted octanol–water partition coefficient (Wildman–Crippen LogP) is 3.72. The minimum absolute atomic E-state index is 0.104. The third kappa shape index (κ3) is 4.89. The molecule has 33 heavy (non-hydrogen) atoms. The number of oxazole rings is 1. The van der Waals surface area contributed by atoms with E-state index < -0.39 is 5.76 Å². The minimum atomic E-state index is -0.536. The SMILES string of the molecule is O=C(Cn1c(=O)oc2ccccc21)N(CCCN1CCOCC1)c1nc2ccc(Br)cc2s1. The summed E-state index contributed by atoms with van der Waals surface area (Å²) in [7, 11) is 0. The van der Waals surface area contributed by atoms with E-state index in [0.717, 1.165) is 54.0 Å². The standard InChI is InChI=1S/C23H23BrN4O4S/c24-16-6-7-17-20(14-16)33-22(25-17)27(9-3-8-26-10-12-31-13-11-26)21(29)15-28-18-4-1-2-5-19(18)32-23(28)30/h1-2,4-7,14H,3,8-13,15H2. The van der Waals surface area contributed by atoms with Gasteiger partial charge < -0.3 is 9.15 Å². The lowest BCUT2D eigenvalue weighted by Crippen LogP contribution is -2.40. The molecule has 5 rings (SSSR count). The fourth-order valence-electron chi connectivity index (χ4n) is 3.99. The van der Waals surface area contributed by atoms with Crippen molar-refractivity contribution in [1.82, 2.24) is 14.5 Å². The summed E-state index contributed by atoms with van der Waals surface area (Å²) in [5, 5.41) is 0.635. The van der Waals surface area contributed by atoms with E-state index in [9.17, 15) is 9.59 Å². The average Bonchev–Trinajstić information content (AvgIpc) is 3.37. The van der Waals surface area contributed by atoms with Gasteiger partial charge in [-0.15, -0.1) is 0 Å². The number of aromatic nitrogens is 2. The number of carbonyl (C=O) groups is 1. The first-order valence-electron chi connectivity index (χ1n) is 10.8. The second-order valence-corrected chi connectivity index (χ2v) is 9.81. The zero-order valence-electron chi connectivity index (χ0n) is 17.9. The average molecular weight is 531 g/mol. The summed E-state index contributed by atoms with van der Waals surface area (Å²) in [5.41, 5.74) is 1.92. The van der Waals surface area contributed by atoms with Gasteiger partial charge in [0.1, 0.15) is 6.54 Å². The minimum Gasteiger partial charge on any atom is -0.408 e. The highest BCUT2D eigenvalue weighted by Gasteiger charge is 2.23. The van der Waals surface area contributed by atoms with Gasteiger partial charge in [-0.1, -0.05) is 39.4 Å². The van der Waals surface area contributed by atoms with Crippen molar-refractivity contribution in [3.05, 3.63) is 57.5 Å². The molecule has 0 unspecified atom stereocenters. The van der Waals surface area contributed by atoms with E-state index in [2.05, 4.69) is 20.8 Å². The molecule has 0 atom stereocenters. The van der Waals surface area contributed by atoms with Crippen molar-refractivity contribution in [3.63, 3.8) is 0 Å². The molecular formula is C23H23BrN4O4S. The quantitative estimate of drug-likeness (QED) is 0.362. The van der Waals surface area contributed by atoms with E-state index in [4.69, 9.17) is 14.1 Å². The van der Waals surface area contributed by atoms with Crippen LogP contribution in [0.3, 0.4) is 0 Å². The van der Waals surface area contributed by atoms with Crippen LogP contribution in [0.2, 0.25) is 0 Å². The molecule has 1 aliphatic heterocycles. The van der Waals surface area contributed by atoms with Crippen molar-refractivity contribution in [2.24, 2.45) is 0 Å². The number of benzene rings is 2. The highest BCUT2D eigenvalue weighted by Crippen LogP contribution is 2.31. The first-order valence-corrected chi connectivity index (χ1v) is 12.4. The number of morpholine rings is 1. The molecule has 172 valence electrons. The van der Waals surface area contributed by atoms with Crippen molar-refractivity contribution in [2.75, 3.05) is 44.3 Å². The van der Waals surface area contributed by atoms with Gasteiger partial charge >= 0.3 is 5.76 Å². The van der Waals surface area contributed by atoms with Gasteiger partial charge in [0.05, 0.1) is 28.9 Å². The summed E-state index contributed by atoms with van der Waals surface area (Å²) in [5.74, 6) is -0.727. The molecule has 0 radical (unpaired) electrons. The topological polar surface area (TPSA) is 80.8 Å². The van der Waals surface area contributed by atoms with Gasteiger partial charge in [0.25, 0.3) is 0 Å².